The van der Waals surface area contributed by atoms with Crippen molar-refractivity contribution < 1.29 is 17.9 Å². The van der Waals surface area contributed by atoms with E-state index in [1.54, 1.807) is 12.1 Å². The lowest BCUT2D eigenvalue weighted by Crippen LogP contribution is -2.25. The van der Waals surface area contributed by atoms with E-state index >= 15 is 0 Å². The predicted molar refractivity (Wildman–Crippen MR) is 82.7 cm³/mol. The summed E-state index contributed by atoms with van der Waals surface area (Å²) in [7, 11) is -3.48. The number of hydrogen-bond donors (Lipinski definition) is 2. The standard InChI is InChI=1S/C13H22N2O4S2/c1-10(2)19-8-4-7-15-21(17,18)13-6-5-12(20-13)9-14-11(3)16/h5-6,10,15H,4,7-9H2,1-3H3,(H,14,16). The third kappa shape index (κ3) is 7.03. The van der Waals surface area contributed by atoms with Crippen molar-refractivity contribution in [1.29, 1.82) is 0 Å². The molecule has 0 aliphatic carbocycles. The van der Waals surface area contributed by atoms with Crippen LogP contribution in [-0.2, 0) is 26.1 Å². The summed E-state index contributed by atoms with van der Waals surface area (Å²) in [5.41, 5.74) is 0. The minimum absolute atomic E-state index is 0.143. The summed E-state index contributed by atoms with van der Waals surface area (Å²) in [4.78, 5) is 11.6. The third-order valence-electron chi connectivity index (χ3n) is 2.48. The van der Waals surface area contributed by atoms with Crippen molar-refractivity contribution in [3.63, 3.8) is 0 Å². The van der Waals surface area contributed by atoms with E-state index in [9.17, 15) is 13.2 Å². The van der Waals surface area contributed by atoms with Gasteiger partial charge in [-0.1, -0.05) is 0 Å². The van der Waals surface area contributed by atoms with Gasteiger partial charge in [-0.3, -0.25) is 4.79 Å². The number of carbonyl (C=O) groups excluding carboxylic acids is 1. The van der Waals surface area contributed by atoms with Crippen LogP contribution in [0.5, 0.6) is 0 Å². The number of sulfonamides is 1. The van der Waals surface area contributed by atoms with Gasteiger partial charge in [0.1, 0.15) is 4.21 Å². The van der Waals surface area contributed by atoms with Crippen LogP contribution in [0.25, 0.3) is 0 Å². The van der Waals surface area contributed by atoms with Gasteiger partial charge >= 0.3 is 0 Å². The molecule has 2 N–H and O–H groups in total. The van der Waals surface area contributed by atoms with Crippen molar-refractivity contribution in [2.75, 3.05) is 13.2 Å². The van der Waals surface area contributed by atoms with Crippen molar-refractivity contribution in [2.24, 2.45) is 0 Å². The second-order valence-electron chi connectivity index (χ2n) is 4.80. The molecule has 0 atom stereocenters. The Hall–Kier alpha value is -0.960. The Labute approximate surface area is 129 Å². The number of hydrogen-bond acceptors (Lipinski definition) is 5. The topological polar surface area (TPSA) is 84.5 Å². The Kier molecular flexibility index (Phi) is 7.30. The summed E-state index contributed by atoms with van der Waals surface area (Å²) in [5, 5.41) is 2.64. The molecule has 1 rings (SSSR count). The molecular weight excluding hydrogens is 312 g/mol. The molecule has 1 aromatic heterocycles. The van der Waals surface area contributed by atoms with Crippen LogP contribution in [0.1, 0.15) is 32.1 Å². The summed E-state index contributed by atoms with van der Waals surface area (Å²) < 4.78 is 32.3. The molecule has 0 fully saturated rings. The fraction of sp³-hybridized carbons (Fsp3) is 0.615. The summed E-state index contributed by atoms with van der Waals surface area (Å²) in [6.07, 6.45) is 0.775. The third-order valence-corrected chi connectivity index (χ3v) is 5.52. The van der Waals surface area contributed by atoms with Gasteiger partial charge in [0.2, 0.25) is 15.9 Å². The molecule has 0 radical (unpaired) electrons. The number of ether oxygens (including phenoxy) is 1. The fourth-order valence-corrected chi connectivity index (χ4v) is 3.89. The molecule has 120 valence electrons. The smallest absolute Gasteiger partial charge is 0.250 e. The maximum atomic E-state index is 12.1. The van der Waals surface area contributed by atoms with E-state index in [4.69, 9.17) is 4.74 Å². The molecule has 1 amide bonds. The Bertz CT molecular complexity index is 552. The Morgan fingerprint density at radius 2 is 2.10 bits per heavy atom. The second-order valence-corrected chi connectivity index (χ2v) is 7.96. The van der Waals surface area contributed by atoms with Gasteiger partial charge < -0.3 is 10.1 Å². The van der Waals surface area contributed by atoms with E-state index in [0.717, 1.165) is 16.2 Å². The largest absolute Gasteiger partial charge is 0.379 e. The molecule has 0 bridgehead atoms. The van der Waals surface area contributed by atoms with Crippen LogP contribution in [-0.4, -0.2) is 33.6 Å². The van der Waals surface area contributed by atoms with Gasteiger partial charge in [-0.05, 0) is 32.4 Å². The molecule has 0 saturated carbocycles. The molecular formula is C13H22N2O4S2. The van der Waals surface area contributed by atoms with Crippen LogP contribution in [0.2, 0.25) is 0 Å². The first-order chi connectivity index (χ1) is 9.81. The van der Waals surface area contributed by atoms with Gasteiger partial charge in [0, 0.05) is 25.0 Å². The molecule has 21 heavy (non-hydrogen) atoms. The quantitative estimate of drug-likeness (QED) is 0.670. The highest BCUT2D eigenvalue weighted by molar-refractivity contribution is 7.91. The Morgan fingerprint density at radius 1 is 1.38 bits per heavy atom. The van der Waals surface area contributed by atoms with Crippen LogP contribution < -0.4 is 10.0 Å². The number of thiophene rings is 1. The van der Waals surface area contributed by atoms with E-state index in [2.05, 4.69) is 10.0 Å². The zero-order chi connectivity index (χ0) is 15.9. The maximum Gasteiger partial charge on any atom is 0.250 e. The van der Waals surface area contributed by atoms with Crippen LogP contribution in [0, 0.1) is 0 Å². The van der Waals surface area contributed by atoms with Crippen LogP contribution in [0.3, 0.4) is 0 Å². The Balaban J connectivity index is 2.45. The van der Waals surface area contributed by atoms with Crippen molar-refractivity contribution >= 4 is 27.3 Å². The minimum Gasteiger partial charge on any atom is -0.379 e. The first kappa shape index (κ1) is 18.1. The maximum absolute atomic E-state index is 12.1. The molecule has 0 spiro atoms. The minimum atomic E-state index is -3.48. The van der Waals surface area contributed by atoms with Crippen molar-refractivity contribution in [3.05, 3.63) is 17.0 Å². The van der Waals surface area contributed by atoms with E-state index in [1.807, 2.05) is 13.8 Å². The lowest BCUT2D eigenvalue weighted by molar-refractivity contribution is -0.119. The fourth-order valence-electron chi connectivity index (χ4n) is 1.48. The molecule has 0 aliphatic rings. The summed E-state index contributed by atoms with van der Waals surface area (Å²) in [5.74, 6) is -0.143. The number of carbonyl (C=O) groups is 1. The van der Waals surface area contributed by atoms with Gasteiger partial charge in [-0.2, -0.15) is 0 Å². The monoisotopic (exact) mass is 334 g/mol. The molecule has 6 nitrogen and oxygen atoms in total. The SMILES string of the molecule is CC(=O)NCc1ccc(S(=O)(=O)NCCCOC(C)C)s1. The lowest BCUT2D eigenvalue weighted by Gasteiger charge is -2.08. The lowest BCUT2D eigenvalue weighted by atomic mass is 10.4. The first-order valence-electron chi connectivity index (χ1n) is 6.75. The van der Waals surface area contributed by atoms with E-state index in [1.165, 1.54) is 6.92 Å². The summed E-state index contributed by atoms with van der Waals surface area (Å²) >= 11 is 1.15. The van der Waals surface area contributed by atoms with E-state index in [0.29, 0.717) is 26.1 Å². The molecule has 8 heteroatoms. The molecule has 1 heterocycles. The Morgan fingerprint density at radius 3 is 2.71 bits per heavy atom. The van der Waals surface area contributed by atoms with Crippen LogP contribution in [0.4, 0.5) is 0 Å². The van der Waals surface area contributed by atoms with Gasteiger partial charge in [-0.25, -0.2) is 13.1 Å². The van der Waals surface area contributed by atoms with E-state index < -0.39 is 10.0 Å². The zero-order valence-corrected chi connectivity index (χ0v) is 14.1. The number of amides is 1. The highest BCUT2D eigenvalue weighted by atomic mass is 32.2. The van der Waals surface area contributed by atoms with Crippen LogP contribution in [0.15, 0.2) is 16.3 Å². The highest BCUT2D eigenvalue weighted by Crippen LogP contribution is 2.21. The average Bonchev–Trinajstić information content (AvgIpc) is 2.85. The first-order valence-corrected chi connectivity index (χ1v) is 9.05. The zero-order valence-electron chi connectivity index (χ0n) is 12.5. The normalized spacial score (nSPS) is 11.8. The van der Waals surface area contributed by atoms with Crippen molar-refractivity contribution in [2.45, 2.75) is 44.0 Å². The molecule has 0 saturated heterocycles. The average molecular weight is 334 g/mol. The predicted octanol–water partition coefficient (Wildman–Crippen LogP) is 1.48. The van der Waals surface area contributed by atoms with Gasteiger partial charge in [0.05, 0.1) is 12.6 Å². The van der Waals surface area contributed by atoms with Crippen molar-refractivity contribution in [3.8, 4) is 0 Å². The van der Waals surface area contributed by atoms with Gasteiger partial charge in [0.25, 0.3) is 0 Å². The number of nitrogens with one attached hydrogen (secondary N) is 2. The summed E-state index contributed by atoms with van der Waals surface area (Å²) in [6, 6.07) is 3.26. The molecule has 0 aliphatic heterocycles. The highest BCUT2D eigenvalue weighted by Gasteiger charge is 2.16. The van der Waals surface area contributed by atoms with Crippen LogP contribution >= 0.6 is 11.3 Å². The van der Waals surface area contributed by atoms with Crippen molar-refractivity contribution in [1.82, 2.24) is 10.0 Å². The van der Waals surface area contributed by atoms with Gasteiger partial charge in [0.15, 0.2) is 0 Å². The summed E-state index contributed by atoms with van der Waals surface area (Å²) in [6.45, 7) is 6.51. The van der Waals surface area contributed by atoms with Gasteiger partial charge in [-0.15, -0.1) is 11.3 Å². The second kappa shape index (κ2) is 8.47. The molecule has 0 unspecified atom stereocenters. The van der Waals surface area contributed by atoms with E-state index in [-0.39, 0.29) is 16.2 Å². The molecule has 1 aromatic rings. The number of rotatable bonds is 9. The molecule has 0 aromatic carbocycles.